The maximum Gasteiger partial charge on any atom is 0.144 e. The third kappa shape index (κ3) is 1.59. The number of benzene rings is 1. The maximum absolute atomic E-state index is 4.50. The number of fused-ring (bicyclic) bond motifs is 2. The van der Waals surface area contributed by atoms with Crippen LogP contribution in [-0.2, 0) is 0 Å². The molecule has 1 aromatic carbocycles. The first-order valence-corrected chi connectivity index (χ1v) is 6.19. The third-order valence-corrected chi connectivity index (χ3v) is 3.30. The van der Waals surface area contributed by atoms with Crippen molar-refractivity contribution in [2.75, 3.05) is 0 Å². The minimum Gasteiger partial charge on any atom is -0.300 e. The molecule has 0 fully saturated rings. The summed E-state index contributed by atoms with van der Waals surface area (Å²) in [5, 5.41) is 2.27. The van der Waals surface area contributed by atoms with Crippen molar-refractivity contribution in [1.29, 1.82) is 0 Å². The Bertz CT molecular complexity index is 877. The number of aromatic nitrogens is 3. The van der Waals surface area contributed by atoms with Crippen LogP contribution in [0.3, 0.4) is 0 Å². The molecule has 0 spiro atoms. The van der Waals surface area contributed by atoms with E-state index in [-0.39, 0.29) is 0 Å². The SMILES string of the molecule is c1ccc2ncc(-n3ccc4cccnc43)cc2c1. The lowest BCUT2D eigenvalue weighted by molar-refractivity contribution is 1.08. The van der Waals surface area contributed by atoms with Gasteiger partial charge < -0.3 is 0 Å². The van der Waals surface area contributed by atoms with Gasteiger partial charge in [-0.05, 0) is 30.3 Å². The zero-order valence-electron chi connectivity index (χ0n) is 10.2. The Balaban J connectivity index is 1.99. The van der Waals surface area contributed by atoms with Gasteiger partial charge >= 0.3 is 0 Å². The highest BCUT2D eigenvalue weighted by Crippen LogP contribution is 2.20. The van der Waals surface area contributed by atoms with Crippen molar-refractivity contribution in [1.82, 2.24) is 14.5 Å². The summed E-state index contributed by atoms with van der Waals surface area (Å²) in [6.45, 7) is 0. The van der Waals surface area contributed by atoms with Crippen molar-refractivity contribution in [3.05, 3.63) is 67.1 Å². The van der Waals surface area contributed by atoms with Crippen LogP contribution in [0.4, 0.5) is 0 Å². The molecular formula is C16H11N3. The molecule has 0 amide bonds. The molecule has 0 N–H and O–H groups in total. The average molecular weight is 245 g/mol. The van der Waals surface area contributed by atoms with E-state index in [4.69, 9.17) is 0 Å². The van der Waals surface area contributed by atoms with Gasteiger partial charge in [-0.3, -0.25) is 9.55 Å². The lowest BCUT2D eigenvalue weighted by atomic mass is 10.2. The molecule has 0 radical (unpaired) electrons. The number of nitrogens with zero attached hydrogens (tertiary/aromatic N) is 3. The molecule has 0 aliphatic carbocycles. The van der Waals surface area contributed by atoms with Crippen LogP contribution in [-0.4, -0.2) is 14.5 Å². The minimum absolute atomic E-state index is 0.958. The Morgan fingerprint density at radius 2 is 1.74 bits per heavy atom. The Labute approximate surface area is 110 Å². The second kappa shape index (κ2) is 3.92. The quantitative estimate of drug-likeness (QED) is 0.513. The van der Waals surface area contributed by atoms with Crippen LogP contribution in [0.1, 0.15) is 0 Å². The zero-order valence-corrected chi connectivity index (χ0v) is 10.2. The van der Waals surface area contributed by atoms with Crippen LogP contribution in [0.5, 0.6) is 0 Å². The fraction of sp³-hybridized carbons (Fsp3) is 0. The highest BCUT2D eigenvalue weighted by molar-refractivity contribution is 5.82. The number of para-hydroxylation sites is 1. The monoisotopic (exact) mass is 245 g/mol. The van der Waals surface area contributed by atoms with Crippen molar-refractivity contribution < 1.29 is 0 Å². The van der Waals surface area contributed by atoms with E-state index in [1.165, 1.54) is 0 Å². The molecular weight excluding hydrogens is 234 g/mol. The summed E-state index contributed by atoms with van der Waals surface area (Å²) in [6.07, 6.45) is 5.73. The van der Waals surface area contributed by atoms with Gasteiger partial charge in [0.2, 0.25) is 0 Å². The number of hydrogen-bond donors (Lipinski definition) is 0. The molecule has 0 bridgehead atoms. The van der Waals surface area contributed by atoms with E-state index in [0.29, 0.717) is 0 Å². The average Bonchev–Trinajstić information content (AvgIpc) is 2.91. The first kappa shape index (κ1) is 10.3. The maximum atomic E-state index is 4.50. The fourth-order valence-corrected chi connectivity index (χ4v) is 2.37. The lowest BCUT2D eigenvalue weighted by Crippen LogP contribution is -1.94. The molecule has 0 aliphatic heterocycles. The van der Waals surface area contributed by atoms with E-state index >= 15 is 0 Å². The normalized spacial score (nSPS) is 11.2. The summed E-state index contributed by atoms with van der Waals surface area (Å²) in [4.78, 5) is 8.93. The van der Waals surface area contributed by atoms with Gasteiger partial charge in [-0.25, -0.2) is 4.98 Å². The lowest BCUT2D eigenvalue weighted by Gasteiger charge is -2.05. The van der Waals surface area contributed by atoms with E-state index in [2.05, 4.69) is 38.8 Å². The van der Waals surface area contributed by atoms with Crippen molar-refractivity contribution >= 4 is 21.9 Å². The van der Waals surface area contributed by atoms with E-state index in [1.54, 1.807) is 0 Å². The van der Waals surface area contributed by atoms with Crippen molar-refractivity contribution in [3.8, 4) is 5.69 Å². The number of rotatable bonds is 1. The molecule has 3 aromatic heterocycles. The van der Waals surface area contributed by atoms with Crippen molar-refractivity contribution in [2.24, 2.45) is 0 Å². The molecule has 0 saturated heterocycles. The van der Waals surface area contributed by atoms with Crippen molar-refractivity contribution in [3.63, 3.8) is 0 Å². The Hall–Kier alpha value is -2.68. The largest absolute Gasteiger partial charge is 0.300 e. The molecule has 3 heteroatoms. The second-order valence-electron chi connectivity index (χ2n) is 4.49. The van der Waals surface area contributed by atoms with E-state index in [9.17, 15) is 0 Å². The van der Waals surface area contributed by atoms with E-state index in [0.717, 1.165) is 27.6 Å². The van der Waals surface area contributed by atoms with Gasteiger partial charge in [0.05, 0.1) is 17.4 Å². The number of hydrogen-bond acceptors (Lipinski definition) is 2. The van der Waals surface area contributed by atoms with Crippen LogP contribution in [0.25, 0.3) is 27.6 Å². The first-order valence-electron chi connectivity index (χ1n) is 6.19. The van der Waals surface area contributed by atoms with Gasteiger partial charge in [0.15, 0.2) is 0 Å². The summed E-state index contributed by atoms with van der Waals surface area (Å²) >= 11 is 0. The molecule has 3 nitrogen and oxygen atoms in total. The minimum atomic E-state index is 0.958. The molecule has 4 aromatic rings. The molecule has 0 aliphatic rings. The fourth-order valence-electron chi connectivity index (χ4n) is 2.37. The second-order valence-corrected chi connectivity index (χ2v) is 4.49. The van der Waals surface area contributed by atoms with Crippen LogP contribution >= 0.6 is 0 Å². The predicted octanol–water partition coefficient (Wildman–Crippen LogP) is 3.57. The van der Waals surface area contributed by atoms with E-state index < -0.39 is 0 Å². The Morgan fingerprint density at radius 3 is 2.74 bits per heavy atom. The van der Waals surface area contributed by atoms with Crippen LogP contribution in [0, 0.1) is 0 Å². The van der Waals surface area contributed by atoms with Crippen LogP contribution in [0.15, 0.2) is 67.1 Å². The summed E-state index contributed by atoms with van der Waals surface area (Å²) in [6, 6.07) is 16.3. The van der Waals surface area contributed by atoms with Crippen LogP contribution < -0.4 is 0 Å². The molecule has 19 heavy (non-hydrogen) atoms. The molecule has 90 valence electrons. The summed E-state index contributed by atoms with van der Waals surface area (Å²) in [5.74, 6) is 0. The summed E-state index contributed by atoms with van der Waals surface area (Å²) in [7, 11) is 0. The standard InChI is InChI=1S/C16H11N3/c1-2-6-15-13(4-1)10-14(11-18-15)19-9-7-12-5-3-8-17-16(12)19/h1-11H. The van der Waals surface area contributed by atoms with Gasteiger partial charge in [-0.2, -0.15) is 0 Å². The topological polar surface area (TPSA) is 30.7 Å². The molecule has 0 saturated carbocycles. The van der Waals surface area contributed by atoms with Gasteiger partial charge in [-0.15, -0.1) is 0 Å². The third-order valence-electron chi connectivity index (χ3n) is 3.30. The van der Waals surface area contributed by atoms with Gasteiger partial charge in [0.1, 0.15) is 5.65 Å². The number of pyridine rings is 2. The van der Waals surface area contributed by atoms with Gasteiger partial charge in [0.25, 0.3) is 0 Å². The summed E-state index contributed by atoms with van der Waals surface area (Å²) < 4.78 is 2.06. The first-order chi connectivity index (χ1) is 9.42. The van der Waals surface area contributed by atoms with Gasteiger partial charge in [0, 0.05) is 23.2 Å². The Morgan fingerprint density at radius 1 is 0.842 bits per heavy atom. The van der Waals surface area contributed by atoms with Crippen molar-refractivity contribution in [2.45, 2.75) is 0 Å². The van der Waals surface area contributed by atoms with E-state index in [1.807, 2.05) is 42.9 Å². The zero-order chi connectivity index (χ0) is 12.7. The molecule has 4 rings (SSSR count). The molecule has 0 atom stereocenters. The highest BCUT2D eigenvalue weighted by Gasteiger charge is 2.04. The highest BCUT2D eigenvalue weighted by atomic mass is 15.0. The summed E-state index contributed by atoms with van der Waals surface area (Å²) in [5.41, 5.74) is 3.00. The molecule has 3 heterocycles. The molecule has 0 unspecified atom stereocenters. The Kier molecular flexibility index (Phi) is 2.12. The smallest absolute Gasteiger partial charge is 0.144 e. The van der Waals surface area contributed by atoms with Gasteiger partial charge in [-0.1, -0.05) is 18.2 Å². The predicted molar refractivity (Wildman–Crippen MR) is 76.4 cm³/mol. The van der Waals surface area contributed by atoms with Crippen LogP contribution in [0.2, 0.25) is 0 Å².